The number of carboxylic acid groups (broad SMARTS) is 1. The van der Waals surface area contributed by atoms with Crippen molar-refractivity contribution >= 4 is 15.8 Å². The van der Waals surface area contributed by atoms with Crippen LogP contribution in [0.15, 0.2) is 6.07 Å². The molecule has 0 spiro atoms. The summed E-state index contributed by atoms with van der Waals surface area (Å²) in [7, 11) is -3.62. The Balaban J connectivity index is 2.94. The quantitative estimate of drug-likeness (QED) is 0.802. The Morgan fingerprint density at radius 2 is 2.12 bits per heavy atom. The summed E-state index contributed by atoms with van der Waals surface area (Å²) in [5, 5.41) is 12.7. The monoisotopic (exact) mass is 260 g/mol. The third kappa shape index (κ3) is 3.85. The zero-order valence-corrected chi connectivity index (χ0v) is 10.7. The average molecular weight is 260 g/mol. The van der Waals surface area contributed by atoms with Crippen LogP contribution in [0.5, 0.6) is 0 Å². The van der Waals surface area contributed by atoms with Crippen LogP contribution in [0.1, 0.15) is 25.2 Å². The smallest absolute Gasteiger partial charge is 0.318 e. The van der Waals surface area contributed by atoms with Gasteiger partial charge in [0.15, 0.2) is 9.84 Å². The summed E-state index contributed by atoms with van der Waals surface area (Å²) in [6.07, 6.45) is 0.721. The van der Waals surface area contributed by atoms with E-state index < -0.39 is 21.6 Å². The van der Waals surface area contributed by atoms with Crippen LogP contribution < -0.4 is 0 Å². The topological polar surface area (TPSA) is 89.3 Å². The lowest BCUT2D eigenvalue weighted by Crippen LogP contribution is -2.18. The number of sulfone groups is 1. The van der Waals surface area contributed by atoms with Crippen LogP contribution in [0.25, 0.3) is 0 Å². The molecule has 1 heterocycles. The molecule has 0 unspecified atom stereocenters. The number of rotatable bonds is 6. The molecule has 0 atom stereocenters. The maximum Gasteiger partial charge on any atom is 0.318 e. The van der Waals surface area contributed by atoms with Crippen molar-refractivity contribution in [1.29, 1.82) is 0 Å². The summed E-state index contributed by atoms with van der Waals surface area (Å²) in [6.45, 7) is 4.36. The molecule has 0 fully saturated rings. The second-order valence-corrected chi connectivity index (χ2v) is 5.79. The summed E-state index contributed by atoms with van der Waals surface area (Å²) in [6, 6.07) is 1.71. The normalized spacial score (nSPS) is 11.6. The van der Waals surface area contributed by atoms with Crippen molar-refractivity contribution in [2.75, 3.05) is 5.75 Å². The van der Waals surface area contributed by atoms with E-state index in [4.69, 9.17) is 5.11 Å². The van der Waals surface area contributed by atoms with Crippen molar-refractivity contribution < 1.29 is 18.3 Å². The first-order valence-corrected chi connectivity index (χ1v) is 7.18. The van der Waals surface area contributed by atoms with Crippen LogP contribution >= 0.6 is 0 Å². The maximum absolute atomic E-state index is 11.6. The molecule has 0 saturated carbocycles. The van der Waals surface area contributed by atoms with Crippen LogP contribution in [0.2, 0.25) is 0 Å². The lowest BCUT2D eigenvalue weighted by Gasteiger charge is -2.04. The second kappa shape index (κ2) is 5.31. The fourth-order valence-electron chi connectivity index (χ4n) is 1.54. The maximum atomic E-state index is 11.6. The summed E-state index contributed by atoms with van der Waals surface area (Å²) in [5.74, 6) is -2.45. The van der Waals surface area contributed by atoms with Crippen molar-refractivity contribution in [3.63, 3.8) is 0 Å². The first kappa shape index (κ1) is 13.7. The van der Waals surface area contributed by atoms with Gasteiger partial charge < -0.3 is 5.11 Å². The number of carboxylic acids is 1. The van der Waals surface area contributed by atoms with Crippen molar-refractivity contribution in [3.05, 3.63) is 17.5 Å². The molecule has 0 aliphatic heterocycles. The van der Waals surface area contributed by atoms with Crippen LogP contribution in [-0.2, 0) is 33.4 Å². The first-order chi connectivity index (χ1) is 7.88. The first-order valence-electron chi connectivity index (χ1n) is 5.35. The standard InChI is InChI=1S/C10H16N2O4S/c1-3-8-5-9(12(4-2)11-8)6-17(15,16)7-10(13)14/h5H,3-4,6-7H2,1-2H3,(H,13,14). The minimum Gasteiger partial charge on any atom is -0.480 e. The number of nitrogens with zero attached hydrogens (tertiary/aromatic N) is 2. The van der Waals surface area contributed by atoms with Crippen LogP contribution in [0.4, 0.5) is 0 Å². The SMILES string of the molecule is CCc1cc(CS(=O)(=O)CC(=O)O)n(CC)n1. The zero-order valence-electron chi connectivity index (χ0n) is 9.88. The molecule has 7 heteroatoms. The van der Waals surface area contributed by atoms with Crippen LogP contribution in [-0.4, -0.2) is 35.0 Å². The van der Waals surface area contributed by atoms with Gasteiger partial charge in [-0.3, -0.25) is 9.48 Å². The van der Waals surface area contributed by atoms with Crippen molar-refractivity contribution in [2.24, 2.45) is 0 Å². The summed E-state index contributed by atoms with van der Waals surface area (Å²) < 4.78 is 24.7. The van der Waals surface area contributed by atoms with Gasteiger partial charge in [-0.15, -0.1) is 0 Å². The van der Waals surface area contributed by atoms with Gasteiger partial charge in [0, 0.05) is 6.54 Å². The molecule has 6 nitrogen and oxygen atoms in total. The number of hydrogen-bond donors (Lipinski definition) is 1. The van der Waals surface area contributed by atoms with E-state index in [1.54, 1.807) is 10.7 Å². The summed E-state index contributed by atoms with van der Waals surface area (Å²) in [5.41, 5.74) is 1.36. The van der Waals surface area contributed by atoms with Crippen molar-refractivity contribution in [3.8, 4) is 0 Å². The van der Waals surface area contributed by atoms with Gasteiger partial charge >= 0.3 is 5.97 Å². The number of hydrogen-bond acceptors (Lipinski definition) is 4. The van der Waals surface area contributed by atoms with E-state index >= 15 is 0 Å². The predicted molar refractivity (Wildman–Crippen MR) is 62.4 cm³/mol. The van der Waals surface area contributed by atoms with E-state index in [0.717, 1.165) is 12.1 Å². The van der Waals surface area contributed by atoms with Gasteiger partial charge in [0.25, 0.3) is 0 Å². The van der Waals surface area contributed by atoms with Crippen molar-refractivity contribution in [2.45, 2.75) is 32.6 Å². The Morgan fingerprint density at radius 1 is 1.47 bits per heavy atom. The predicted octanol–water partition coefficient (Wildman–Crippen LogP) is 0.465. The molecule has 17 heavy (non-hydrogen) atoms. The fourth-order valence-corrected chi connectivity index (χ4v) is 2.70. The zero-order chi connectivity index (χ0) is 13.1. The molecule has 0 aliphatic carbocycles. The van der Waals surface area contributed by atoms with Gasteiger partial charge in [-0.25, -0.2) is 8.42 Å². The highest BCUT2D eigenvalue weighted by atomic mass is 32.2. The molecule has 0 aliphatic rings. The highest BCUT2D eigenvalue weighted by Crippen LogP contribution is 2.10. The minimum absolute atomic E-state index is 0.278. The van der Waals surface area contributed by atoms with E-state index in [-0.39, 0.29) is 5.75 Å². The Bertz CT molecular complexity index is 504. The molecule has 0 aromatic carbocycles. The molecule has 0 amide bonds. The van der Waals surface area contributed by atoms with E-state index in [2.05, 4.69) is 5.10 Å². The Hall–Kier alpha value is -1.37. The molecule has 1 aromatic rings. The van der Waals surface area contributed by atoms with Gasteiger partial charge in [-0.05, 0) is 19.4 Å². The Kier molecular flexibility index (Phi) is 4.28. The Morgan fingerprint density at radius 3 is 2.59 bits per heavy atom. The fraction of sp³-hybridized carbons (Fsp3) is 0.600. The van der Waals surface area contributed by atoms with Gasteiger partial charge in [0.1, 0.15) is 5.75 Å². The summed E-state index contributed by atoms with van der Waals surface area (Å²) >= 11 is 0. The second-order valence-electron chi connectivity index (χ2n) is 3.72. The van der Waals surface area contributed by atoms with Gasteiger partial charge in [0.05, 0.1) is 17.1 Å². The average Bonchev–Trinajstić information content (AvgIpc) is 2.57. The molecule has 0 saturated heterocycles. The third-order valence-electron chi connectivity index (χ3n) is 2.29. The third-order valence-corrected chi connectivity index (χ3v) is 3.71. The highest BCUT2D eigenvalue weighted by molar-refractivity contribution is 7.91. The molecular weight excluding hydrogens is 244 g/mol. The molecule has 1 rings (SSSR count). The highest BCUT2D eigenvalue weighted by Gasteiger charge is 2.19. The molecule has 0 bridgehead atoms. The number of carbonyl (C=O) groups is 1. The molecule has 1 aromatic heterocycles. The number of aliphatic carboxylic acids is 1. The lowest BCUT2D eigenvalue weighted by molar-refractivity contribution is -0.134. The Labute approximate surface area is 100 Å². The van der Waals surface area contributed by atoms with Crippen molar-refractivity contribution in [1.82, 2.24) is 9.78 Å². The molecule has 96 valence electrons. The van der Waals surface area contributed by atoms with E-state index in [9.17, 15) is 13.2 Å². The minimum atomic E-state index is -3.62. The number of aryl methyl sites for hydroxylation is 2. The molecule has 1 N–H and O–H groups in total. The van der Waals surface area contributed by atoms with Gasteiger partial charge in [-0.2, -0.15) is 5.10 Å². The van der Waals surface area contributed by atoms with Crippen LogP contribution in [0, 0.1) is 0 Å². The summed E-state index contributed by atoms with van der Waals surface area (Å²) in [4.78, 5) is 10.4. The lowest BCUT2D eigenvalue weighted by atomic mass is 10.3. The van der Waals surface area contributed by atoms with E-state index in [1.165, 1.54) is 0 Å². The van der Waals surface area contributed by atoms with E-state index in [1.807, 2.05) is 13.8 Å². The van der Waals surface area contributed by atoms with Gasteiger partial charge in [0.2, 0.25) is 0 Å². The van der Waals surface area contributed by atoms with E-state index in [0.29, 0.717) is 12.2 Å². The molecular formula is C10H16N2O4S. The largest absolute Gasteiger partial charge is 0.480 e. The van der Waals surface area contributed by atoms with Crippen LogP contribution in [0.3, 0.4) is 0 Å². The molecule has 0 radical (unpaired) electrons. The van der Waals surface area contributed by atoms with Gasteiger partial charge in [-0.1, -0.05) is 6.92 Å². The number of aromatic nitrogens is 2.